The predicted octanol–water partition coefficient (Wildman–Crippen LogP) is 4.49. The Bertz CT molecular complexity index is 1110. The Kier molecular flexibility index (Phi) is 3.04. The van der Waals surface area contributed by atoms with Crippen LogP contribution in [0, 0.1) is 12.7 Å². The van der Waals surface area contributed by atoms with Crippen LogP contribution in [0.3, 0.4) is 0 Å². The minimum Gasteiger partial charge on any atom is -0.278 e. The van der Waals surface area contributed by atoms with Crippen molar-refractivity contribution in [1.29, 1.82) is 0 Å². The van der Waals surface area contributed by atoms with Crippen LogP contribution in [-0.4, -0.2) is 20.0 Å². The molecule has 0 radical (unpaired) electrons. The van der Waals surface area contributed by atoms with E-state index >= 15 is 0 Å². The van der Waals surface area contributed by atoms with Crippen molar-refractivity contribution in [3.8, 4) is 22.4 Å². The van der Waals surface area contributed by atoms with Gasteiger partial charge >= 0.3 is 0 Å². The number of nitrogens with zero attached hydrogens (tertiary/aromatic N) is 3. The molecule has 2 aromatic carbocycles. The Morgan fingerprint density at radius 2 is 2.00 bits per heavy atom. The molecule has 0 saturated heterocycles. The Hall–Kier alpha value is -2.95. The second kappa shape index (κ2) is 5.28. The van der Waals surface area contributed by atoms with E-state index in [1.54, 1.807) is 6.92 Å². The molecular weight excluding hydrogens is 315 g/mol. The average Bonchev–Trinajstić information content (AvgIpc) is 3.31. The van der Waals surface area contributed by atoms with Gasteiger partial charge in [-0.2, -0.15) is 10.2 Å². The summed E-state index contributed by atoms with van der Waals surface area (Å²) >= 11 is 0. The molecule has 0 saturated carbocycles. The number of rotatable bonds is 2. The zero-order valence-electron chi connectivity index (χ0n) is 13.9. The lowest BCUT2D eigenvalue weighted by Crippen LogP contribution is -1.94. The Balaban J connectivity index is 1.76. The van der Waals surface area contributed by atoms with E-state index in [9.17, 15) is 4.39 Å². The number of nitrogens with one attached hydrogen (secondary N) is 1. The summed E-state index contributed by atoms with van der Waals surface area (Å²) in [5, 5.41) is 13.0. The van der Waals surface area contributed by atoms with Gasteiger partial charge in [0.2, 0.25) is 0 Å². The van der Waals surface area contributed by atoms with Gasteiger partial charge in [0.1, 0.15) is 11.5 Å². The van der Waals surface area contributed by atoms with Gasteiger partial charge in [0, 0.05) is 28.8 Å². The van der Waals surface area contributed by atoms with Crippen molar-refractivity contribution in [3.63, 3.8) is 0 Å². The summed E-state index contributed by atoms with van der Waals surface area (Å²) in [5.74, 6) is -0.183. The number of halogens is 1. The minimum atomic E-state index is -0.183. The van der Waals surface area contributed by atoms with Crippen LogP contribution in [-0.2, 0) is 13.0 Å². The lowest BCUT2D eigenvalue weighted by molar-refractivity contribution is 0.618. The van der Waals surface area contributed by atoms with E-state index in [0.29, 0.717) is 5.56 Å². The van der Waals surface area contributed by atoms with E-state index in [4.69, 9.17) is 5.10 Å². The van der Waals surface area contributed by atoms with Gasteiger partial charge < -0.3 is 0 Å². The lowest BCUT2D eigenvalue weighted by atomic mass is 9.96. The molecule has 5 rings (SSSR count). The Morgan fingerprint density at radius 1 is 1.12 bits per heavy atom. The molecule has 0 spiro atoms. The fourth-order valence-electron chi connectivity index (χ4n) is 3.73. The second-order valence-electron chi connectivity index (χ2n) is 6.63. The van der Waals surface area contributed by atoms with Crippen molar-refractivity contribution < 1.29 is 4.39 Å². The van der Waals surface area contributed by atoms with E-state index in [2.05, 4.69) is 33.1 Å². The van der Waals surface area contributed by atoms with Gasteiger partial charge in [-0.05, 0) is 61.2 Å². The van der Waals surface area contributed by atoms with Crippen LogP contribution in [0.5, 0.6) is 0 Å². The quantitative estimate of drug-likeness (QED) is 0.588. The first kappa shape index (κ1) is 14.4. The van der Waals surface area contributed by atoms with Crippen LogP contribution in [0.25, 0.3) is 33.3 Å². The van der Waals surface area contributed by atoms with E-state index < -0.39 is 0 Å². The maximum Gasteiger partial charge on any atom is 0.126 e. The van der Waals surface area contributed by atoms with E-state index in [-0.39, 0.29) is 5.82 Å². The van der Waals surface area contributed by atoms with Crippen LogP contribution >= 0.6 is 0 Å². The van der Waals surface area contributed by atoms with Crippen molar-refractivity contribution in [2.75, 3.05) is 0 Å². The summed E-state index contributed by atoms with van der Waals surface area (Å²) in [7, 11) is 0. The van der Waals surface area contributed by atoms with E-state index in [1.807, 2.05) is 18.3 Å². The summed E-state index contributed by atoms with van der Waals surface area (Å²) in [6.45, 7) is 2.73. The highest BCUT2D eigenvalue weighted by molar-refractivity contribution is 5.89. The van der Waals surface area contributed by atoms with Crippen LogP contribution < -0.4 is 0 Å². The zero-order chi connectivity index (χ0) is 17.0. The number of fused-ring (bicyclic) bond motifs is 2. The monoisotopic (exact) mass is 332 g/mol. The number of aromatic amines is 1. The largest absolute Gasteiger partial charge is 0.278 e. The van der Waals surface area contributed by atoms with Gasteiger partial charge in [-0.25, -0.2) is 4.39 Å². The fraction of sp³-hybridized carbons (Fsp3) is 0.200. The molecule has 0 unspecified atom stereocenters. The first-order valence-corrected chi connectivity index (χ1v) is 8.50. The smallest absolute Gasteiger partial charge is 0.126 e. The zero-order valence-corrected chi connectivity index (χ0v) is 13.9. The van der Waals surface area contributed by atoms with Crippen molar-refractivity contribution in [1.82, 2.24) is 20.0 Å². The highest BCUT2D eigenvalue weighted by atomic mass is 19.1. The number of H-pyrrole nitrogens is 1. The number of aromatic nitrogens is 4. The molecule has 4 nitrogen and oxygen atoms in total. The van der Waals surface area contributed by atoms with Gasteiger partial charge in [-0.3, -0.25) is 9.78 Å². The predicted molar refractivity (Wildman–Crippen MR) is 95.8 cm³/mol. The summed E-state index contributed by atoms with van der Waals surface area (Å²) in [6.07, 6.45) is 3.97. The van der Waals surface area contributed by atoms with Gasteiger partial charge in [-0.1, -0.05) is 6.07 Å². The lowest BCUT2D eigenvalue weighted by Gasteiger charge is -2.07. The minimum absolute atomic E-state index is 0.183. The summed E-state index contributed by atoms with van der Waals surface area (Å²) in [4.78, 5) is 0. The molecule has 1 N–H and O–H groups in total. The molecule has 5 heteroatoms. The maximum absolute atomic E-state index is 13.7. The molecule has 0 fully saturated rings. The normalized spacial score (nSPS) is 13.5. The number of hydrogen-bond acceptors (Lipinski definition) is 2. The third-order valence-electron chi connectivity index (χ3n) is 5.00. The SMILES string of the molecule is Cc1cc(-c2nn3c(c2-c2ccc4[nH]ncc4c2)CCC3)ccc1F. The van der Waals surface area contributed by atoms with E-state index in [0.717, 1.165) is 52.7 Å². The van der Waals surface area contributed by atoms with Gasteiger partial charge in [-0.15, -0.1) is 0 Å². The molecule has 3 heterocycles. The van der Waals surface area contributed by atoms with Crippen molar-refractivity contribution in [2.45, 2.75) is 26.3 Å². The van der Waals surface area contributed by atoms with Crippen molar-refractivity contribution in [3.05, 3.63) is 59.7 Å². The fourth-order valence-corrected chi connectivity index (χ4v) is 3.73. The first-order valence-electron chi connectivity index (χ1n) is 8.50. The highest BCUT2D eigenvalue weighted by Gasteiger charge is 2.24. The summed E-state index contributed by atoms with van der Waals surface area (Å²) < 4.78 is 15.8. The average molecular weight is 332 g/mol. The van der Waals surface area contributed by atoms with Gasteiger partial charge in [0.25, 0.3) is 0 Å². The molecule has 4 aromatic rings. The highest BCUT2D eigenvalue weighted by Crippen LogP contribution is 2.38. The molecule has 2 aromatic heterocycles. The van der Waals surface area contributed by atoms with Crippen LogP contribution in [0.2, 0.25) is 0 Å². The maximum atomic E-state index is 13.7. The molecule has 25 heavy (non-hydrogen) atoms. The number of aryl methyl sites for hydroxylation is 2. The molecular formula is C20H17FN4. The van der Waals surface area contributed by atoms with E-state index in [1.165, 1.54) is 11.8 Å². The summed E-state index contributed by atoms with van der Waals surface area (Å²) in [5.41, 5.74) is 7.11. The third-order valence-corrected chi connectivity index (χ3v) is 5.00. The van der Waals surface area contributed by atoms with Crippen molar-refractivity contribution in [2.24, 2.45) is 0 Å². The molecule has 0 aliphatic carbocycles. The van der Waals surface area contributed by atoms with Gasteiger partial charge in [0.05, 0.1) is 11.7 Å². The second-order valence-corrected chi connectivity index (χ2v) is 6.63. The first-order chi connectivity index (χ1) is 12.2. The van der Waals surface area contributed by atoms with Gasteiger partial charge in [0.15, 0.2) is 0 Å². The van der Waals surface area contributed by atoms with Crippen molar-refractivity contribution >= 4 is 10.9 Å². The Labute approximate surface area is 144 Å². The molecule has 1 aliphatic rings. The van der Waals surface area contributed by atoms with Crippen LogP contribution in [0.4, 0.5) is 4.39 Å². The number of hydrogen-bond donors (Lipinski definition) is 1. The third kappa shape index (κ3) is 2.19. The molecule has 0 bridgehead atoms. The Morgan fingerprint density at radius 3 is 2.88 bits per heavy atom. The summed E-state index contributed by atoms with van der Waals surface area (Å²) in [6, 6.07) is 11.5. The molecule has 124 valence electrons. The topological polar surface area (TPSA) is 46.5 Å². The standard InChI is InChI=1S/C20H17FN4/c1-12-9-14(4-6-16(12)21)20-19(18-3-2-8-25(18)24-20)13-5-7-17-15(10-13)11-22-23-17/h4-7,9-11H,2-3,8H2,1H3,(H,22,23). The van der Waals surface area contributed by atoms with Crippen LogP contribution in [0.15, 0.2) is 42.6 Å². The molecule has 0 atom stereocenters. The number of benzene rings is 2. The molecule has 0 amide bonds. The molecule has 1 aliphatic heterocycles. The van der Waals surface area contributed by atoms with Crippen LogP contribution in [0.1, 0.15) is 17.7 Å².